The van der Waals surface area contributed by atoms with E-state index in [1.165, 1.54) is 0 Å². The maximum absolute atomic E-state index is 8.87. The second-order valence-corrected chi connectivity index (χ2v) is 3.68. The number of aryl methyl sites for hydroxylation is 1. The molecule has 1 N–H and O–H groups in total. The smallest absolute Gasteiger partial charge is 0.226 e. The quantitative estimate of drug-likeness (QED) is 0.872. The molecule has 0 aliphatic carbocycles. The van der Waals surface area contributed by atoms with Crippen LogP contribution < -0.4 is 0 Å². The van der Waals surface area contributed by atoms with Crippen LogP contribution in [0.15, 0.2) is 28.7 Å². The summed E-state index contributed by atoms with van der Waals surface area (Å²) in [6, 6.07) is 9.10. The summed E-state index contributed by atoms with van der Waals surface area (Å²) in [5.74, 6) is 1.24. The lowest BCUT2D eigenvalue weighted by atomic mass is 10.1. The monoisotopic (exact) mass is 228 g/mol. The summed E-state index contributed by atoms with van der Waals surface area (Å²) in [5.41, 5.74) is 2.20. The van der Waals surface area contributed by atoms with Crippen molar-refractivity contribution in [2.24, 2.45) is 0 Å². The topological polar surface area (TPSA) is 70.0 Å². The highest BCUT2D eigenvalue weighted by molar-refractivity contribution is 5.55. The molecule has 17 heavy (non-hydrogen) atoms. The molecule has 0 saturated heterocycles. The van der Waals surface area contributed by atoms with Crippen LogP contribution in [0.3, 0.4) is 0 Å². The van der Waals surface area contributed by atoms with Crippen molar-refractivity contribution in [1.29, 1.82) is 5.26 Å². The molecular weight excluding hydrogens is 216 g/mol. The highest BCUT2D eigenvalue weighted by Gasteiger charge is 2.10. The van der Waals surface area contributed by atoms with Crippen molar-refractivity contribution in [3.05, 3.63) is 41.3 Å². The SMILES string of the molecule is Cc1oc(-c2ccc(C#N)cc2)nc1CCO. The van der Waals surface area contributed by atoms with E-state index in [1.54, 1.807) is 24.3 Å². The number of aliphatic hydroxyl groups is 1. The number of rotatable bonds is 3. The van der Waals surface area contributed by atoms with Gasteiger partial charge in [-0.15, -0.1) is 0 Å². The summed E-state index contributed by atoms with van der Waals surface area (Å²) in [6.45, 7) is 1.88. The first-order chi connectivity index (χ1) is 8.24. The minimum Gasteiger partial charge on any atom is -0.441 e. The van der Waals surface area contributed by atoms with Crippen molar-refractivity contribution >= 4 is 0 Å². The van der Waals surface area contributed by atoms with E-state index in [1.807, 2.05) is 6.92 Å². The Morgan fingerprint density at radius 1 is 1.35 bits per heavy atom. The van der Waals surface area contributed by atoms with E-state index in [0.29, 0.717) is 17.9 Å². The first-order valence-corrected chi connectivity index (χ1v) is 5.32. The zero-order valence-corrected chi connectivity index (χ0v) is 9.47. The summed E-state index contributed by atoms with van der Waals surface area (Å²) in [7, 11) is 0. The number of benzene rings is 1. The maximum atomic E-state index is 8.87. The largest absolute Gasteiger partial charge is 0.441 e. The number of nitriles is 1. The van der Waals surface area contributed by atoms with Gasteiger partial charge >= 0.3 is 0 Å². The van der Waals surface area contributed by atoms with Gasteiger partial charge in [-0.1, -0.05) is 0 Å². The molecule has 0 saturated carbocycles. The standard InChI is InChI=1S/C13H12N2O2/c1-9-12(6-7-16)15-13(17-9)11-4-2-10(8-14)3-5-11/h2-5,16H,6-7H2,1H3. The van der Waals surface area contributed by atoms with E-state index in [0.717, 1.165) is 17.0 Å². The van der Waals surface area contributed by atoms with Crippen LogP contribution in [-0.4, -0.2) is 16.7 Å². The van der Waals surface area contributed by atoms with Gasteiger partial charge in [-0.25, -0.2) is 4.98 Å². The average Bonchev–Trinajstić information content (AvgIpc) is 2.72. The number of aliphatic hydroxyl groups excluding tert-OH is 1. The van der Waals surface area contributed by atoms with Crippen molar-refractivity contribution in [2.45, 2.75) is 13.3 Å². The summed E-state index contributed by atoms with van der Waals surface area (Å²) < 4.78 is 5.52. The highest BCUT2D eigenvalue weighted by atomic mass is 16.4. The van der Waals surface area contributed by atoms with Crippen LogP contribution in [-0.2, 0) is 6.42 Å². The molecular formula is C13H12N2O2. The van der Waals surface area contributed by atoms with Gasteiger partial charge in [0.25, 0.3) is 0 Å². The van der Waals surface area contributed by atoms with Gasteiger partial charge in [0.1, 0.15) is 5.76 Å². The van der Waals surface area contributed by atoms with Crippen LogP contribution in [0.5, 0.6) is 0 Å². The second-order valence-electron chi connectivity index (χ2n) is 3.68. The van der Waals surface area contributed by atoms with Gasteiger partial charge in [0.15, 0.2) is 0 Å². The third-order valence-corrected chi connectivity index (χ3v) is 2.50. The molecule has 1 aromatic carbocycles. The van der Waals surface area contributed by atoms with E-state index in [9.17, 15) is 0 Å². The molecule has 4 nitrogen and oxygen atoms in total. The van der Waals surface area contributed by atoms with Gasteiger partial charge in [-0.2, -0.15) is 5.26 Å². The van der Waals surface area contributed by atoms with E-state index < -0.39 is 0 Å². The van der Waals surface area contributed by atoms with Crippen LogP contribution in [0, 0.1) is 18.3 Å². The average molecular weight is 228 g/mol. The van der Waals surface area contributed by atoms with Gasteiger partial charge in [0.05, 0.1) is 17.3 Å². The summed E-state index contributed by atoms with van der Waals surface area (Å²) >= 11 is 0. The Kier molecular flexibility index (Phi) is 3.22. The minimum absolute atomic E-state index is 0.0557. The fraction of sp³-hybridized carbons (Fsp3) is 0.231. The fourth-order valence-corrected chi connectivity index (χ4v) is 1.58. The first kappa shape index (κ1) is 11.4. The molecule has 0 unspecified atom stereocenters. The lowest BCUT2D eigenvalue weighted by molar-refractivity contribution is 0.297. The molecule has 0 fully saturated rings. The molecule has 1 heterocycles. The molecule has 1 aromatic heterocycles. The third-order valence-electron chi connectivity index (χ3n) is 2.50. The Morgan fingerprint density at radius 2 is 2.06 bits per heavy atom. The van der Waals surface area contributed by atoms with E-state index in [2.05, 4.69) is 11.1 Å². The van der Waals surface area contributed by atoms with Crippen molar-refractivity contribution in [3.63, 3.8) is 0 Å². The van der Waals surface area contributed by atoms with Gasteiger partial charge in [0.2, 0.25) is 5.89 Å². The molecule has 0 atom stereocenters. The Hall–Kier alpha value is -2.12. The Bertz CT molecular complexity index is 550. The Balaban J connectivity index is 2.33. The molecule has 0 aliphatic heterocycles. The first-order valence-electron chi connectivity index (χ1n) is 5.32. The second kappa shape index (κ2) is 4.81. The predicted octanol–water partition coefficient (Wildman–Crippen LogP) is 2.06. The zero-order valence-electron chi connectivity index (χ0n) is 9.47. The van der Waals surface area contributed by atoms with Crippen LogP contribution in [0.1, 0.15) is 17.0 Å². The predicted molar refractivity (Wildman–Crippen MR) is 62.2 cm³/mol. The van der Waals surface area contributed by atoms with Gasteiger partial charge < -0.3 is 9.52 Å². The molecule has 86 valence electrons. The number of nitrogens with zero attached hydrogens (tertiary/aromatic N) is 2. The Morgan fingerprint density at radius 3 is 2.65 bits per heavy atom. The third kappa shape index (κ3) is 2.35. The summed E-state index contributed by atoms with van der Waals surface area (Å²) in [4.78, 5) is 4.32. The summed E-state index contributed by atoms with van der Waals surface area (Å²) in [5, 5.41) is 17.6. The van der Waals surface area contributed by atoms with Crippen molar-refractivity contribution in [1.82, 2.24) is 4.98 Å². The molecule has 2 aromatic rings. The lowest BCUT2D eigenvalue weighted by Gasteiger charge is -1.94. The number of hydrogen-bond acceptors (Lipinski definition) is 4. The lowest BCUT2D eigenvalue weighted by Crippen LogP contribution is -1.92. The number of hydrogen-bond donors (Lipinski definition) is 1. The van der Waals surface area contributed by atoms with Gasteiger partial charge in [-0.3, -0.25) is 0 Å². The van der Waals surface area contributed by atoms with Crippen molar-refractivity contribution in [2.75, 3.05) is 6.61 Å². The number of aromatic nitrogens is 1. The molecule has 0 spiro atoms. The summed E-state index contributed by atoms with van der Waals surface area (Å²) in [6.07, 6.45) is 0.492. The van der Waals surface area contributed by atoms with Crippen molar-refractivity contribution in [3.8, 4) is 17.5 Å². The van der Waals surface area contributed by atoms with Crippen LogP contribution in [0.2, 0.25) is 0 Å². The highest BCUT2D eigenvalue weighted by Crippen LogP contribution is 2.22. The molecule has 2 rings (SSSR count). The van der Waals surface area contributed by atoms with Crippen molar-refractivity contribution < 1.29 is 9.52 Å². The minimum atomic E-state index is 0.0557. The van der Waals surface area contributed by atoms with Crippen LogP contribution >= 0.6 is 0 Å². The zero-order chi connectivity index (χ0) is 12.3. The molecule has 0 aliphatic rings. The Labute approximate surface area is 99.1 Å². The van der Waals surface area contributed by atoms with E-state index >= 15 is 0 Å². The van der Waals surface area contributed by atoms with Gasteiger partial charge in [0, 0.05) is 18.6 Å². The van der Waals surface area contributed by atoms with E-state index in [-0.39, 0.29) is 6.61 Å². The molecule has 0 amide bonds. The molecule has 0 bridgehead atoms. The van der Waals surface area contributed by atoms with Crippen LogP contribution in [0.25, 0.3) is 11.5 Å². The van der Waals surface area contributed by atoms with E-state index in [4.69, 9.17) is 14.8 Å². The maximum Gasteiger partial charge on any atom is 0.226 e. The van der Waals surface area contributed by atoms with Gasteiger partial charge in [-0.05, 0) is 31.2 Å². The fourth-order valence-electron chi connectivity index (χ4n) is 1.58. The van der Waals surface area contributed by atoms with Crippen LogP contribution in [0.4, 0.5) is 0 Å². The molecule has 0 radical (unpaired) electrons. The molecule has 4 heteroatoms. The normalized spacial score (nSPS) is 10.2. The number of oxazole rings is 1.